The van der Waals surface area contributed by atoms with Crippen molar-refractivity contribution in [1.29, 1.82) is 5.26 Å². The van der Waals surface area contributed by atoms with Gasteiger partial charge in [-0.2, -0.15) is 10.4 Å². The molecule has 0 saturated carbocycles. The lowest BCUT2D eigenvalue weighted by Gasteiger charge is -2.14. The van der Waals surface area contributed by atoms with Gasteiger partial charge in [0.05, 0.1) is 17.3 Å². The summed E-state index contributed by atoms with van der Waals surface area (Å²) in [4.78, 5) is 4.73. The van der Waals surface area contributed by atoms with Gasteiger partial charge in [-0.05, 0) is 68.1 Å². The maximum atomic E-state index is 9.03. The molecule has 0 radical (unpaired) electrons. The minimum atomic E-state index is 0.658. The molecule has 0 aliphatic carbocycles. The molecule has 0 N–H and O–H groups in total. The highest BCUT2D eigenvalue weighted by atomic mass is 15.4. The molecule has 0 bridgehead atoms. The third-order valence-corrected chi connectivity index (χ3v) is 5.03. The van der Waals surface area contributed by atoms with Gasteiger partial charge in [0.2, 0.25) is 0 Å². The fourth-order valence-electron chi connectivity index (χ4n) is 3.84. The predicted molar refractivity (Wildman–Crippen MR) is 116 cm³/mol. The van der Waals surface area contributed by atoms with Gasteiger partial charge in [0.15, 0.2) is 5.82 Å². The van der Waals surface area contributed by atoms with Crippen LogP contribution < -0.4 is 0 Å². The number of aryl methyl sites for hydroxylation is 4. The van der Waals surface area contributed by atoms with Crippen LogP contribution in [-0.4, -0.2) is 14.8 Å². The van der Waals surface area contributed by atoms with Crippen molar-refractivity contribution in [3.8, 4) is 34.3 Å². The first-order chi connectivity index (χ1) is 14.0. The summed E-state index contributed by atoms with van der Waals surface area (Å²) in [6, 6.07) is 22.4. The van der Waals surface area contributed by atoms with Gasteiger partial charge >= 0.3 is 0 Å². The zero-order valence-electron chi connectivity index (χ0n) is 17.1. The van der Waals surface area contributed by atoms with Crippen molar-refractivity contribution in [2.24, 2.45) is 0 Å². The van der Waals surface area contributed by atoms with E-state index in [1.807, 2.05) is 41.9 Å². The van der Waals surface area contributed by atoms with Gasteiger partial charge in [-0.15, -0.1) is 0 Å². The average Bonchev–Trinajstić information content (AvgIpc) is 3.08. The summed E-state index contributed by atoms with van der Waals surface area (Å²) < 4.78 is 1.96. The van der Waals surface area contributed by atoms with Gasteiger partial charge in [-0.3, -0.25) is 0 Å². The van der Waals surface area contributed by atoms with Crippen LogP contribution in [0.2, 0.25) is 0 Å². The molecule has 4 rings (SSSR count). The van der Waals surface area contributed by atoms with E-state index in [0.29, 0.717) is 5.56 Å². The molecule has 4 nitrogen and oxygen atoms in total. The van der Waals surface area contributed by atoms with E-state index in [1.165, 1.54) is 16.7 Å². The lowest BCUT2D eigenvalue weighted by molar-refractivity contribution is 0.854. The molecule has 0 aliphatic heterocycles. The summed E-state index contributed by atoms with van der Waals surface area (Å²) in [6.07, 6.45) is 0. The van der Waals surface area contributed by atoms with E-state index < -0.39 is 0 Å². The Labute approximate surface area is 171 Å². The van der Waals surface area contributed by atoms with E-state index in [9.17, 15) is 0 Å². The molecule has 1 aromatic heterocycles. The first-order valence-electron chi connectivity index (χ1n) is 9.59. The van der Waals surface area contributed by atoms with Crippen LogP contribution in [-0.2, 0) is 0 Å². The van der Waals surface area contributed by atoms with E-state index in [-0.39, 0.29) is 0 Å². The van der Waals surface area contributed by atoms with E-state index in [4.69, 9.17) is 15.3 Å². The van der Waals surface area contributed by atoms with Gasteiger partial charge in [0.1, 0.15) is 5.82 Å². The highest BCUT2D eigenvalue weighted by Gasteiger charge is 2.16. The first-order valence-corrected chi connectivity index (χ1v) is 9.59. The second-order valence-electron chi connectivity index (χ2n) is 7.41. The topological polar surface area (TPSA) is 54.5 Å². The molecular formula is C25H22N4. The maximum Gasteiger partial charge on any atom is 0.163 e. The smallest absolute Gasteiger partial charge is 0.163 e. The largest absolute Gasteiger partial charge is 0.212 e. The molecule has 29 heavy (non-hydrogen) atoms. The molecule has 4 heteroatoms. The standard InChI is InChI=1S/C25H22N4/c1-16-12-17(2)24(18(3)13-16)29-25(27-19(4)28-29)23-7-5-6-22(14-23)21-10-8-20(15-26)9-11-21/h5-14H,1-4H3. The Bertz CT molecular complexity index is 1220. The second kappa shape index (κ2) is 7.37. The van der Waals surface area contributed by atoms with Crippen molar-refractivity contribution >= 4 is 0 Å². The zero-order chi connectivity index (χ0) is 20.5. The SMILES string of the molecule is Cc1cc(C)c(-n2nc(C)nc2-c2cccc(-c3ccc(C#N)cc3)c2)c(C)c1. The summed E-state index contributed by atoms with van der Waals surface area (Å²) >= 11 is 0. The van der Waals surface area contributed by atoms with E-state index in [0.717, 1.165) is 34.0 Å². The van der Waals surface area contributed by atoms with Crippen molar-refractivity contribution in [2.45, 2.75) is 27.7 Å². The molecule has 3 aromatic carbocycles. The number of rotatable bonds is 3. The fourth-order valence-corrected chi connectivity index (χ4v) is 3.84. The number of nitrogens with zero attached hydrogens (tertiary/aromatic N) is 4. The Morgan fingerprint density at radius 2 is 1.45 bits per heavy atom. The molecule has 0 fully saturated rings. The Hall–Kier alpha value is -3.71. The summed E-state index contributed by atoms with van der Waals surface area (Å²) in [5.41, 5.74) is 8.49. The molecule has 4 aromatic rings. The van der Waals surface area contributed by atoms with Crippen LogP contribution in [0.4, 0.5) is 0 Å². The van der Waals surface area contributed by atoms with Crippen molar-refractivity contribution in [1.82, 2.24) is 14.8 Å². The van der Waals surface area contributed by atoms with Crippen LogP contribution in [0.1, 0.15) is 28.1 Å². The lowest BCUT2D eigenvalue weighted by Crippen LogP contribution is -2.05. The molecule has 0 amide bonds. The van der Waals surface area contributed by atoms with Crippen LogP contribution in [0.25, 0.3) is 28.2 Å². The number of hydrogen-bond donors (Lipinski definition) is 0. The van der Waals surface area contributed by atoms with Gasteiger partial charge in [0, 0.05) is 5.56 Å². The highest BCUT2D eigenvalue weighted by Crippen LogP contribution is 2.29. The lowest BCUT2D eigenvalue weighted by atomic mass is 10.0. The van der Waals surface area contributed by atoms with E-state index in [2.05, 4.69) is 57.2 Å². The minimum Gasteiger partial charge on any atom is -0.212 e. The summed E-state index contributed by atoms with van der Waals surface area (Å²) in [6.45, 7) is 8.26. The Balaban J connectivity index is 1.84. The molecule has 0 aliphatic rings. The van der Waals surface area contributed by atoms with Crippen LogP contribution in [0, 0.1) is 39.0 Å². The summed E-state index contributed by atoms with van der Waals surface area (Å²) in [5.74, 6) is 1.57. The monoisotopic (exact) mass is 378 g/mol. The number of nitriles is 1. The number of benzene rings is 3. The Kier molecular flexibility index (Phi) is 4.74. The quantitative estimate of drug-likeness (QED) is 0.459. The third kappa shape index (κ3) is 3.55. The molecule has 0 atom stereocenters. The van der Waals surface area contributed by atoms with Crippen LogP contribution in [0.15, 0.2) is 60.7 Å². The van der Waals surface area contributed by atoms with Gasteiger partial charge in [-0.25, -0.2) is 9.67 Å². The van der Waals surface area contributed by atoms with Crippen molar-refractivity contribution in [3.63, 3.8) is 0 Å². The number of aromatic nitrogens is 3. The predicted octanol–water partition coefficient (Wildman–Crippen LogP) is 5.71. The van der Waals surface area contributed by atoms with Gasteiger partial charge in [0.25, 0.3) is 0 Å². The van der Waals surface area contributed by atoms with Crippen molar-refractivity contribution < 1.29 is 0 Å². The average molecular weight is 378 g/mol. The van der Waals surface area contributed by atoms with E-state index in [1.54, 1.807) is 0 Å². The second-order valence-corrected chi connectivity index (χ2v) is 7.41. The molecule has 1 heterocycles. The molecule has 0 spiro atoms. The number of hydrogen-bond acceptors (Lipinski definition) is 3. The Morgan fingerprint density at radius 1 is 0.793 bits per heavy atom. The minimum absolute atomic E-state index is 0.658. The normalized spacial score (nSPS) is 10.7. The molecule has 142 valence electrons. The highest BCUT2D eigenvalue weighted by molar-refractivity contribution is 5.71. The van der Waals surface area contributed by atoms with Crippen LogP contribution in [0.3, 0.4) is 0 Å². The van der Waals surface area contributed by atoms with Crippen molar-refractivity contribution in [3.05, 3.63) is 88.7 Å². The van der Waals surface area contributed by atoms with Crippen LogP contribution >= 0.6 is 0 Å². The van der Waals surface area contributed by atoms with Crippen LogP contribution in [0.5, 0.6) is 0 Å². The summed E-state index contributed by atoms with van der Waals surface area (Å²) in [5, 5.41) is 13.7. The third-order valence-electron chi connectivity index (χ3n) is 5.03. The zero-order valence-corrected chi connectivity index (χ0v) is 17.1. The fraction of sp³-hybridized carbons (Fsp3) is 0.160. The van der Waals surface area contributed by atoms with Gasteiger partial charge < -0.3 is 0 Å². The first kappa shape index (κ1) is 18.6. The molecule has 0 unspecified atom stereocenters. The summed E-state index contributed by atoms with van der Waals surface area (Å²) in [7, 11) is 0. The van der Waals surface area contributed by atoms with E-state index >= 15 is 0 Å². The molecular weight excluding hydrogens is 356 g/mol. The van der Waals surface area contributed by atoms with Gasteiger partial charge in [-0.1, -0.05) is 48.0 Å². The Morgan fingerprint density at radius 3 is 2.10 bits per heavy atom. The van der Waals surface area contributed by atoms with Crippen molar-refractivity contribution in [2.75, 3.05) is 0 Å². The maximum absolute atomic E-state index is 9.03. The molecule has 0 saturated heterocycles.